The zero-order valence-electron chi connectivity index (χ0n) is 12.5. The van der Waals surface area contributed by atoms with Gasteiger partial charge < -0.3 is 15.5 Å². The molecule has 1 saturated carbocycles. The van der Waals surface area contributed by atoms with Gasteiger partial charge >= 0.3 is 0 Å². The molecule has 0 aromatic carbocycles. The van der Waals surface area contributed by atoms with Crippen molar-refractivity contribution in [1.82, 2.24) is 15.5 Å². The van der Waals surface area contributed by atoms with Gasteiger partial charge in [0.1, 0.15) is 0 Å². The van der Waals surface area contributed by atoms with Crippen molar-refractivity contribution in [3.05, 3.63) is 0 Å². The molecule has 3 nitrogen and oxygen atoms in total. The van der Waals surface area contributed by atoms with Gasteiger partial charge in [0.05, 0.1) is 0 Å². The van der Waals surface area contributed by atoms with Crippen LogP contribution in [0, 0.1) is 0 Å². The van der Waals surface area contributed by atoms with Crippen molar-refractivity contribution in [1.29, 1.82) is 0 Å². The third-order valence-corrected chi connectivity index (χ3v) is 5.06. The van der Waals surface area contributed by atoms with E-state index in [-0.39, 0.29) is 0 Å². The smallest absolute Gasteiger partial charge is 0.0327 e. The number of nitrogens with one attached hydrogen (secondary N) is 2. The molecular weight excluding hydrogens is 222 g/mol. The summed E-state index contributed by atoms with van der Waals surface area (Å²) in [6, 6.07) is 1.39. The van der Waals surface area contributed by atoms with Crippen LogP contribution in [0.3, 0.4) is 0 Å². The van der Waals surface area contributed by atoms with Crippen LogP contribution < -0.4 is 10.6 Å². The highest BCUT2D eigenvalue weighted by Gasteiger charge is 2.35. The maximum absolute atomic E-state index is 3.79. The van der Waals surface area contributed by atoms with Crippen molar-refractivity contribution in [3.63, 3.8) is 0 Å². The molecule has 2 fully saturated rings. The number of nitrogens with zero attached hydrogens (tertiary/aromatic N) is 1. The van der Waals surface area contributed by atoms with Crippen LogP contribution in [0.1, 0.15) is 51.9 Å². The van der Waals surface area contributed by atoms with Gasteiger partial charge in [-0.05, 0) is 59.7 Å². The van der Waals surface area contributed by atoms with Crippen LogP contribution in [0.25, 0.3) is 0 Å². The van der Waals surface area contributed by atoms with Crippen molar-refractivity contribution in [3.8, 4) is 0 Å². The monoisotopic (exact) mass is 253 g/mol. The average Bonchev–Trinajstić information content (AvgIpc) is 2.97. The van der Waals surface area contributed by atoms with Gasteiger partial charge in [0.25, 0.3) is 0 Å². The summed E-state index contributed by atoms with van der Waals surface area (Å²) in [6.45, 7) is 4.73. The predicted molar refractivity (Wildman–Crippen MR) is 78.0 cm³/mol. The molecule has 1 heterocycles. The van der Waals surface area contributed by atoms with Crippen LogP contribution in [0.2, 0.25) is 0 Å². The molecule has 2 N–H and O–H groups in total. The van der Waals surface area contributed by atoms with Gasteiger partial charge in [-0.1, -0.05) is 12.8 Å². The molecule has 18 heavy (non-hydrogen) atoms. The summed E-state index contributed by atoms with van der Waals surface area (Å²) in [5.41, 5.74) is 0.428. The topological polar surface area (TPSA) is 27.3 Å². The first-order valence-corrected chi connectivity index (χ1v) is 7.77. The summed E-state index contributed by atoms with van der Waals surface area (Å²) in [5, 5.41) is 7.39. The fourth-order valence-corrected chi connectivity index (χ4v) is 3.65. The Morgan fingerprint density at radius 2 is 2.00 bits per heavy atom. The Labute approximate surface area is 113 Å². The lowest BCUT2D eigenvalue weighted by Crippen LogP contribution is -2.51. The normalized spacial score (nSPS) is 29.0. The van der Waals surface area contributed by atoms with Gasteiger partial charge in [0, 0.05) is 24.2 Å². The van der Waals surface area contributed by atoms with E-state index in [0.717, 1.165) is 12.6 Å². The summed E-state index contributed by atoms with van der Waals surface area (Å²) in [6.07, 6.45) is 9.53. The maximum Gasteiger partial charge on any atom is 0.0327 e. The Bertz CT molecular complexity index is 240. The SMILES string of the molecule is CC(CC1CCCN1)NCC1(N(C)C)CCCC1. The van der Waals surface area contributed by atoms with E-state index in [9.17, 15) is 0 Å². The van der Waals surface area contributed by atoms with E-state index in [0.29, 0.717) is 11.6 Å². The first-order valence-electron chi connectivity index (χ1n) is 7.77. The first kappa shape index (κ1) is 14.3. The fraction of sp³-hybridized carbons (Fsp3) is 1.00. The molecule has 0 aromatic rings. The highest BCUT2D eigenvalue weighted by Crippen LogP contribution is 2.33. The maximum atomic E-state index is 3.79. The van der Waals surface area contributed by atoms with Crippen LogP contribution >= 0.6 is 0 Å². The number of hydrogen-bond donors (Lipinski definition) is 2. The van der Waals surface area contributed by atoms with Gasteiger partial charge in [-0.3, -0.25) is 0 Å². The Morgan fingerprint density at radius 1 is 1.28 bits per heavy atom. The highest BCUT2D eigenvalue weighted by molar-refractivity contribution is 4.95. The molecule has 0 radical (unpaired) electrons. The largest absolute Gasteiger partial charge is 0.314 e. The molecule has 2 aliphatic rings. The third kappa shape index (κ3) is 3.46. The van der Waals surface area contributed by atoms with Crippen molar-refractivity contribution in [2.75, 3.05) is 27.2 Å². The van der Waals surface area contributed by atoms with E-state index in [4.69, 9.17) is 0 Å². The molecule has 0 spiro atoms. The average molecular weight is 253 g/mol. The predicted octanol–water partition coefficient (Wildman–Crippen LogP) is 1.98. The molecule has 0 amide bonds. The third-order valence-electron chi connectivity index (χ3n) is 5.06. The second-order valence-electron chi connectivity index (χ2n) is 6.64. The van der Waals surface area contributed by atoms with Crippen molar-refractivity contribution < 1.29 is 0 Å². The van der Waals surface area contributed by atoms with Crippen molar-refractivity contribution in [2.45, 2.75) is 69.5 Å². The van der Waals surface area contributed by atoms with E-state index >= 15 is 0 Å². The van der Waals surface area contributed by atoms with Gasteiger partial charge in [-0.15, -0.1) is 0 Å². The van der Waals surface area contributed by atoms with E-state index in [1.54, 1.807) is 0 Å². The lowest BCUT2D eigenvalue weighted by Gasteiger charge is -2.37. The molecule has 3 heteroatoms. The molecule has 0 bridgehead atoms. The van der Waals surface area contributed by atoms with Gasteiger partial charge in [-0.2, -0.15) is 0 Å². The number of rotatable bonds is 6. The Kier molecular flexibility index (Phi) is 5.05. The molecule has 2 rings (SSSR count). The quantitative estimate of drug-likeness (QED) is 0.758. The van der Waals surface area contributed by atoms with Gasteiger partial charge in [0.2, 0.25) is 0 Å². The molecule has 0 aromatic heterocycles. The summed E-state index contributed by atoms with van der Waals surface area (Å²) in [5.74, 6) is 0. The minimum atomic E-state index is 0.428. The molecule has 106 valence electrons. The summed E-state index contributed by atoms with van der Waals surface area (Å²) >= 11 is 0. The van der Waals surface area contributed by atoms with E-state index in [1.165, 1.54) is 51.5 Å². The van der Waals surface area contributed by atoms with Crippen LogP contribution in [0.15, 0.2) is 0 Å². The molecular formula is C15H31N3. The van der Waals surface area contributed by atoms with Crippen LogP contribution in [-0.2, 0) is 0 Å². The fourth-order valence-electron chi connectivity index (χ4n) is 3.65. The molecule has 2 unspecified atom stereocenters. The van der Waals surface area contributed by atoms with Crippen molar-refractivity contribution >= 4 is 0 Å². The first-order chi connectivity index (χ1) is 8.62. The Balaban J connectivity index is 1.74. The second-order valence-corrected chi connectivity index (χ2v) is 6.64. The zero-order chi connectivity index (χ0) is 13.0. The summed E-state index contributed by atoms with van der Waals surface area (Å²) in [4.78, 5) is 2.45. The van der Waals surface area contributed by atoms with E-state index in [2.05, 4.69) is 36.6 Å². The number of hydrogen-bond acceptors (Lipinski definition) is 3. The van der Waals surface area contributed by atoms with Gasteiger partial charge in [-0.25, -0.2) is 0 Å². The number of likely N-dealkylation sites (N-methyl/N-ethyl adjacent to an activating group) is 1. The van der Waals surface area contributed by atoms with Gasteiger partial charge in [0.15, 0.2) is 0 Å². The minimum absolute atomic E-state index is 0.428. The second kappa shape index (κ2) is 6.36. The standard InChI is InChI=1S/C15H31N3/c1-13(11-14-7-6-10-16-14)17-12-15(18(2)3)8-4-5-9-15/h13-14,16-17H,4-12H2,1-3H3. The van der Waals surface area contributed by atoms with Crippen LogP contribution in [0.4, 0.5) is 0 Å². The molecule has 1 aliphatic carbocycles. The Morgan fingerprint density at radius 3 is 2.56 bits per heavy atom. The zero-order valence-corrected chi connectivity index (χ0v) is 12.5. The van der Waals surface area contributed by atoms with E-state index < -0.39 is 0 Å². The highest BCUT2D eigenvalue weighted by atomic mass is 15.2. The molecule has 1 aliphatic heterocycles. The molecule has 2 atom stereocenters. The van der Waals surface area contributed by atoms with Crippen LogP contribution in [0.5, 0.6) is 0 Å². The Hall–Kier alpha value is -0.120. The lowest BCUT2D eigenvalue weighted by atomic mass is 9.95. The van der Waals surface area contributed by atoms with Crippen LogP contribution in [-0.4, -0.2) is 49.7 Å². The minimum Gasteiger partial charge on any atom is -0.314 e. The van der Waals surface area contributed by atoms with Crippen molar-refractivity contribution in [2.24, 2.45) is 0 Å². The summed E-state index contributed by atoms with van der Waals surface area (Å²) in [7, 11) is 4.49. The summed E-state index contributed by atoms with van der Waals surface area (Å²) < 4.78 is 0. The molecule has 1 saturated heterocycles. The van der Waals surface area contributed by atoms with E-state index in [1.807, 2.05) is 0 Å². The lowest BCUT2D eigenvalue weighted by molar-refractivity contribution is 0.148.